The predicted molar refractivity (Wildman–Crippen MR) is 85.9 cm³/mol. The highest BCUT2D eigenvalue weighted by molar-refractivity contribution is 7.92. The van der Waals surface area contributed by atoms with E-state index in [-0.39, 0.29) is 17.2 Å². The Morgan fingerprint density at radius 3 is 2.52 bits per heavy atom. The van der Waals surface area contributed by atoms with Crippen LogP contribution in [0.25, 0.3) is 0 Å². The van der Waals surface area contributed by atoms with Crippen LogP contribution in [0, 0.1) is 12.8 Å². The molecule has 1 aliphatic heterocycles. The van der Waals surface area contributed by atoms with Gasteiger partial charge in [0.15, 0.2) is 0 Å². The maximum Gasteiger partial charge on any atom is 0.308 e. The minimum absolute atomic E-state index is 0.203. The summed E-state index contributed by atoms with van der Waals surface area (Å²) >= 11 is 0. The Morgan fingerprint density at radius 1 is 1.35 bits per heavy atom. The van der Waals surface area contributed by atoms with Crippen LogP contribution in [0.5, 0.6) is 0 Å². The number of anilines is 1. The number of amides is 1. The second-order valence-corrected chi connectivity index (χ2v) is 7.64. The van der Waals surface area contributed by atoms with Crippen molar-refractivity contribution in [2.75, 3.05) is 17.5 Å². The van der Waals surface area contributed by atoms with Gasteiger partial charge in [0.05, 0.1) is 23.4 Å². The molecule has 1 aromatic rings. The Kier molecular flexibility index (Phi) is 4.65. The van der Waals surface area contributed by atoms with Gasteiger partial charge < -0.3 is 10.0 Å². The van der Waals surface area contributed by atoms with Gasteiger partial charge >= 0.3 is 5.97 Å². The number of aryl methyl sites for hydroxylation is 1. The Balaban J connectivity index is 2.36. The standard InChI is InChI=1S/C15H20N2O5S/c1-9-4-5-13(16-23(3,21)22)12(8-9)14(18)17-7-6-11(10(17)2)15(19)20/h4-5,8,10-11,16H,6-7H2,1-3H3,(H,19,20). The molecule has 0 spiro atoms. The van der Waals surface area contributed by atoms with Crippen LogP contribution in [0.15, 0.2) is 18.2 Å². The topological polar surface area (TPSA) is 104 Å². The largest absolute Gasteiger partial charge is 0.481 e. The molecule has 0 bridgehead atoms. The highest BCUT2D eigenvalue weighted by Gasteiger charge is 2.39. The second kappa shape index (κ2) is 6.19. The second-order valence-electron chi connectivity index (χ2n) is 5.90. The summed E-state index contributed by atoms with van der Waals surface area (Å²) in [7, 11) is -3.52. The SMILES string of the molecule is Cc1ccc(NS(C)(=O)=O)c(C(=O)N2CCC(C(=O)O)C2C)c1. The number of carbonyl (C=O) groups excluding carboxylic acids is 1. The van der Waals surface area contributed by atoms with Crippen molar-refractivity contribution in [2.24, 2.45) is 5.92 Å². The van der Waals surface area contributed by atoms with Gasteiger partial charge in [0.2, 0.25) is 10.0 Å². The number of benzene rings is 1. The van der Waals surface area contributed by atoms with Gasteiger partial charge in [-0.15, -0.1) is 0 Å². The summed E-state index contributed by atoms with van der Waals surface area (Å²) in [5.74, 6) is -1.89. The van der Waals surface area contributed by atoms with Gasteiger partial charge in [-0.2, -0.15) is 0 Å². The van der Waals surface area contributed by atoms with Gasteiger partial charge in [0, 0.05) is 12.6 Å². The van der Waals surface area contributed by atoms with E-state index in [4.69, 9.17) is 0 Å². The zero-order valence-electron chi connectivity index (χ0n) is 13.2. The quantitative estimate of drug-likeness (QED) is 0.860. The molecule has 1 heterocycles. The summed E-state index contributed by atoms with van der Waals surface area (Å²) in [5, 5.41) is 9.18. The van der Waals surface area contributed by atoms with Crippen molar-refractivity contribution in [1.29, 1.82) is 0 Å². The number of hydrogen-bond donors (Lipinski definition) is 2. The normalized spacial score (nSPS) is 21.3. The molecular weight excluding hydrogens is 320 g/mol. The minimum Gasteiger partial charge on any atom is -0.481 e. The van der Waals surface area contributed by atoms with E-state index in [1.165, 1.54) is 4.90 Å². The molecule has 0 aliphatic carbocycles. The Bertz CT molecular complexity index is 744. The van der Waals surface area contributed by atoms with Crippen LogP contribution in [-0.2, 0) is 14.8 Å². The predicted octanol–water partition coefficient (Wildman–Crippen LogP) is 1.30. The maximum absolute atomic E-state index is 12.8. The van der Waals surface area contributed by atoms with Crippen LogP contribution >= 0.6 is 0 Å². The van der Waals surface area contributed by atoms with Crippen LogP contribution in [0.3, 0.4) is 0 Å². The number of likely N-dealkylation sites (tertiary alicyclic amines) is 1. The van der Waals surface area contributed by atoms with Crippen molar-refractivity contribution >= 4 is 27.6 Å². The van der Waals surface area contributed by atoms with E-state index >= 15 is 0 Å². The number of rotatable bonds is 4. The fraction of sp³-hybridized carbons (Fsp3) is 0.467. The summed E-state index contributed by atoms with van der Waals surface area (Å²) in [6, 6.07) is 4.42. The molecule has 1 aliphatic rings. The van der Waals surface area contributed by atoms with Gasteiger partial charge in [0.1, 0.15) is 0 Å². The number of carboxylic acid groups (broad SMARTS) is 1. The molecule has 1 aromatic carbocycles. The highest BCUT2D eigenvalue weighted by atomic mass is 32.2. The molecule has 1 saturated heterocycles. The number of aliphatic carboxylic acids is 1. The van der Waals surface area contributed by atoms with Crippen LogP contribution in [0.2, 0.25) is 0 Å². The van der Waals surface area contributed by atoms with E-state index < -0.39 is 28.0 Å². The molecule has 0 saturated carbocycles. The highest BCUT2D eigenvalue weighted by Crippen LogP contribution is 2.28. The van der Waals surface area contributed by atoms with Crippen LogP contribution in [0.1, 0.15) is 29.3 Å². The van der Waals surface area contributed by atoms with Gasteiger partial charge in [-0.1, -0.05) is 11.6 Å². The molecular formula is C15H20N2O5S. The molecule has 0 radical (unpaired) electrons. The lowest BCUT2D eigenvalue weighted by Crippen LogP contribution is -2.38. The first kappa shape index (κ1) is 17.3. The number of hydrogen-bond acceptors (Lipinski definition) is 4. The third kappa shape index (κ3) is 3.82. The first-order valence-electron chi connectivity index (χ1n) is 7.22. The van der Waals surface area contributed by atoms with Gasteiger partial charge in [-0.05, 0) is 32.4 Å². The van der Waals surface area contributed by atoms with Crippen LogP contribution < -0.4 is 4.72 Å². The first-order valence-corrected chi connectivity index (χ1v) is 9.11. The number of nitrogens with zero attached hydrogens (tertiary/aromatic N) is 1. The first-order chi connectivity index (χ1) is 10.6. The van der Waals surface area contributed by atoms with Crippen molar-refractivity contribution < 1.29 is 23.1 Å². The third-order valence-electron chi connectivity index (χ3n) is 4.03. The van der Waals surface area contributed by atoms with Crippen molar-refractivity contribution in [2.45, 2.75) is 26.3 Å². The fourth-order valence-corrected chi connectivity index (χ4v) is 3.41. The molecule has 23 heavy (non-hydrogen) atoms. The number of carboxylic acids is 1. The van der Waals surface area contributed by atoms with Gasteiger partial charge in [0.25, 0.3) is 5.91 Å². The maximum atomic E-state index is 12.8. The summed E-state index contributed by atoms with van der Waals surface area (Å²) in [5.41, 5.74) is 1.25. The monoisotopic (exact) mass is 340 g/mol. The lowest BCUT2D eigenvalue weighted by molar-refractivity contribution is -0.142. The van der Waals surface area contributed by atoms with Crippen LogP contribution in [0.4, 0.5) is 5.69 Å². The van der Waals surface area contributed by atoms with Gasteiger partial charge in [-0.25, -0.2) is 8.42 Å². The number of carbonyl (C=O) groups is 2. The Morgan fingerprint density at radius 2 is 2.00 bits per heavy atom. The van der Waals surface area contributed by atoms with E-state index in [0.29, 0.717) is 13.0 Å². The molecule has 2 unspecified atom stereocenters. The van der Waals surface area contributed by atoms with E-state index in [0.717, 1.165) is 11.8 Å². The summed E-state index contributed by atoms with van der Waals surface area (Å²) in [4.78, 5) is 25.5. The molecule has 0 aromatic heterocycles. The Labute approximate surface area is 135 Å². The summed E-state index contributed by atoms with van der Waals surface area (Å²) in [6.07, 6.45) is 1.41. The molecule has 2 rings (SSSR count). The third-order valence-corrected chi connectivity index (χ3v) is 4.62. The molecule has 1 amide bonds. The lowest BCUT2D eigenvalue weighted by atomic mass is 10.0. The molecule has 1 fully saturated rings. The van der Waals surface area contributed by atoms with E-state index in [1.54, 1.807) is 32.0 Å². The average Bonchev–Trinajstić information content (AvgIpc) is 2.80. The van der Waals surface area contributed by atoms with Crippen molar-refractivity contribution in [3.05, 3.63) is 29.3 Å². The van der Waals surface area contributed by atoms with Gasteiger partial charge in [-0.3, -0.25) is 14.3 Å². The zero-order chi connectivity index (χ0) is 17.4. The molecule has 8 heteroatoms. The van der Waals surface area contributed by atoms with E-state index in [1.807, 2.05) is 0 Å². The van der Waals surface area contributed by atoms with Crippen molar-refractivity contribution in [1.82, 2.24) is 4.90 Å². The minimum atomic E-state index is -3.52. The lowest BCUT2D eigenvalue weighted by Gasteiger charge is -2.24. The molecule has 7 nitrogen and oxygen atoms in total. The van der Waals surface area contributed by atoms with Crippen molar-refractivity contribution in [3.63, 3.8) is 0 Å². The van der Waals surface area contributed by atoms with E-state index in [9.17, 15) is 23.1 Å². The Hall–Kier alpha value is -2.09. The number of sulfonamides is 1. The smallest absolute Gasteiger partial charge is 0.308 e. The molecule has 2 N–H and O–H groups in total. The average molecular weight is 340 g/mol. The van der Waals surface area contributed by atoms with Crippen molar-refractivity contribution in [3.8, 4) is 0 Å². The molecule has 126 valence electrons. The number of nitrogens with one attached hydrogen (secondary N) is 1. The summed E-state index contributed by atoms with van der Waals surface area (Å²) < 4.78 is 25.3. The molecule has 2 atom stereocenters. The van der Waals surface area contributed by atoms with Crippen LogP contribution in [-0.4, -0.2) is 49.1 Å². The fourth-order valence-electron chi connectivity index (χ4n) is 2.84. The van der Waals surface area contributed by atoms with E-state index in [2.05, 4.69) is 4.72 Å². The zero-order valence-corrected chi connectivity index (χ0v) is 14.1. The summed E-state index contributed by atoms with van der Waals surface area (Å²) in [6.45, 7) is 3.83.